The fraction of sp³-hybridized carbons (Fsp3) is 0.167. The molecule has 1 heterocycles. The van der Waals surface area contributed by atoms with E-state index < -0.39 is 0 Å². The van der Waals surface area contributed by atoms with Crippen LogP contribution < -0.4 is 15.4 Å². The standard InChI is InChI=1S/C18H18ClN5O/c1-12-9-14(19)7-8-15(12)22-18-23-17(11-21-24-18)20-10-13-5-3-4-6-16(13)25-2/h3-9,11H,10H2,1-2H3,(H2,20,22,23,24). The number of methoxy groups -OCH3 is 1. The van der Waals surface area contributed by atoms with Crippen LogP contribution in [0.1, 0.15) is 11.1 Å². The Morgan fingerprint density at radius 2 is 2.00 bits per heavy atom. The van der Waals surface area contributed by atoms with Gasteiger partial charge in [-0.3, -0.25) is 0 Å². The topological polar surface area (TPSA) is 72.0 Å². The smallest absolute Gasteiger partial charge is 0.249 e. The monoisotopic (exact) mass is 355 g/mol. The molecule has 0 amide bonds. The normalized spacial score (nSPS) is 10.4. The average Bonchev–Trinajstić information content (AvgIpc) is 2.63. The van der Waals surface area contributed by atoms with Crippen LogP contribution in [0.25, 0.3) is 0 Å². The maximum absolute atomic E-state index is 5.98. The summed E-state index contributed by atoms with van der Waals surface area (Å²) in [5.41, 5.74) is 2.92. The fourth-order valence-corrected chi connectivity index (χ4v) is 2.59. The third-order valence-corrected chi connectivity index (χ3v) is 3.88. The van der Waals surface area contributed by atoms with Crippen LogP contribution in [-0.2, 0) is 6.54 Å². The van der Waals surface area contributed by atoms with Crippen LogP contribution >= 0.6 is 11.6 Å². The summed E-state index contributed by atoms with van der Waals surface area (Å²) in [6.45, 7) is 2.54. The largest absolute Gasteiger partial charge is 0.496 e. The summed E-state index contributed by atoms with van der Waals surface area (Å²) in [5, 5.41) is 15.1. The molecule has 6 nitrogen and oxygen atoms in total. The number of benzene rings is 2. The van der Waals surface area contributed by atoms with Crippen molar-refractivity contribution < 1.29 is 4.74 Å². The first-order valence-corrected chi connectivity index (χ1v) is 8.12. The Bertz CT molecular complexity index is 872. The van der Waals surface area contributed by atoms with E-state index in [-0.39, 0.29) is 0 Å². The minimum atomic E-state index is 0.412. The van der Waals surface area contributed by atoms with Crippen LogP contribution in [-0.4, -0.2) is 22.3 Å². The van der Waals surface area contributed by atoms with Crippen LogP contribution in [0, 0.1) is 6.92 Å². The van der Waals surface area contributed by atoms with Gasteiger partial charge in [-0.1, -0.05) is 29.8 Å². The zero-order valence-electron chi connectivity index (χ0n) is 14.0. The van der Waals surface area contributed by atoms with Crippen molar-refractivity contribution in [1.82, 2.24) is 15.2 Å². The maximum Gasteiger partial charge on any atom is 0.249 e. The molecule has 0 radical (unpaired) electrons. The van der Waals surface area contributed by atoms with E-state index in [0.717, 1.165) is 22.6 Å². The van der Waals surface area contributed by atoms with Crippen LogP contribution in [0.4, 0.5) is 17.5 Å². The number of hydrogen-bond donors (Lipinski definition) is 2. The molecule has 0 unspecified atom stereocenters. The van der Waals surface area contributed by atoms with Gasteiger partial charge in [0.05, 0.1) is 13.3 Å². The van der Waals surface area contributed by atoms with Crippen molar-refractivity contribution in [2.75, 3.05) is 17.7 Å². The van der Waals surface area contributed by atoms with Gasteiger partial charge in [-0.05, 0) is 36.8 Å². The first-order chi connectivity index (χ1) is 12.2. The molecule has 3 rings (SSSR count). The number of nitrogens with zero attached hydrogens (tertiary/aromatic N) is 3. The lowest BCUT2D eigenvalue weighted by Crippen LogP contribution is -2.06. The molecule has 0 saturated carbocycles. The number of para-hydroxylation sites is 1. The summed E-state index contributed by atoms with van der Waals surface area (Å²) in [5.74, 6) is 1.86. The lowest BCUT2D eigenvalue weighted by molar-refractivity contribution is 0.410. The molecule has 128 valence electrons. The number of nitrogens with one attached hydrogen (secondary N) is 2. The van der Waals surface area contributed by atoms with E-state index in [0.29, 0.717) is 23.3 Å². The van der Waals surface area contributed by atoms with E-state index in [2.05, 4.69) is 25.8 Å². The molecule has 0 atom stereocenters. The molecule has 0 saturated heterocycles. The summed E-state index contributed by atoms with van der Waals surface area (Å²) in [6.07, 6.45) is 1.58. The number of halogens is 1. The molecule has 0 aliphatic carbocycles. The number of aryl methyl sites for hydroxylation is 1. The molecule has 25 heavy (non-hydrogen) atoms. The maximum atomic E-state index is 5.98. The van der Waals surface area contributed by atoms with Crippen molar-refractivity contribution in [2.45, 2.75) is 13.5 Å². The van der Waals surface area contributed by atoms with Crippen LogP contribution in [0.5, 0.6) is 5.75 Å². The lowest BCUT2D eigenvalue weighted by Gasteiger charge is -2.11. The van der Waals surface area contributed by atoms with Gasteiger partial charge in [0.1, 0.15) is 5.75 Å². The Morgan fingerprint density at radius 1 is 1.16 bits per heavy atom. The Kier molecular flexibility index (Phi) is 5.30. The summed E-state index contributed by atoms with van der Waals surface area (Å²) in [4.78, 5) is 4.43. The molecule has 0 bridgehead atoms. The highest BCUT2D eigenvalue weighted by molar-refractivity contribution is 6.30. The Balaban J connectivity index is 1.71. The van der Waals surface area contributed by atoms with Gasteiger partial charge in [0.15, 0.2) is 5.82 Å². The van der Waals surface area contributed by atoms with Gasteiger partial charge in [0, 0.05) is 22.8 Å². The SMILES string of the molecule is COc1ccccc1CNc1cnnc(Nc2ccc(Cl)cc2C)n1. The molecular formula is C18H18ClN5O. The number of rotatable bonds is 6. The summed E-state index contributed by atoms with van der Waals surface area (Å²) < 4.78 is 5.35. The highest BCUT2D eigenvalue weighted by Crippen LogP contribution is 2.22. The predicted octanol–water partition coefficient (Wildman–Crippen LogP) is 4.20. The van der Waals surface area contributed by atoms with Crippen molar-refractivity contribution in [3.8, 4) is 5.75 Å². The van der Waals surface area contributed by atoms with Gasteiger partial charge in [0.2, 0.25) is 5.95 Å². The second-order valence-corrected chi connectivity index (χ2v) is 5.85. The molecule has 0 fully saturated rings. The van der Waals surface area contributed by atoms with E-state index in [9.17, 15) is 0 Å². The van der Waals surface area contributed by atoms with Crippen molar-refractivity contribution in [2.24, 2.45) is 0 Å². The Labute approximate surface area is 151 Å². The number of hydrogen-bond acceptors (Lipinski definition) is 6. The second kappa shape index (κ2) is 7.81. The fourth-order valence-electron chi connectivity index (χ4n) is 2.36. The average molecular weight is 356 g/mol. The van der Waals surface area contributed by atoms with Crippen LogP contribution in [0.3, 0.4) is 0 Å². The highest BCUT2D eigenvalue weighted by atomic mass is 35.5. The van der Waals surface area contributed by atoms with E-state index in [1.165, 1.54) is 0 Å². The highest BCUT2D eigenvalue weighted by Gasteiger charge is 2.06. The van der Waals surface area contributed by atoms with E-state index in [1.807, 2.05) is 49.4 Å². The molecule has 1 aromatic heterocycles. The van der Waals surface area contributed by atoms with Gasteiger partial charge in [-0.2, -0.15) is 10.1 Å². The summed E-state index contributed by atoms with van der Waals surface area (Å²) in [6, 6.07) is 13.4. The number of anilines is 3. The quantitative estimate of drug-likeness (QED) is 0.690. The van der Waals surface area contributed by atoms with E-state index in [4.69, 9.17) is 16.3 Å². The van der Waals surface area contributed by atoms with E-state index in [1.54, 1.807) is 13.3 Å². The molecule has 3 aromatic rings. The van der Waals surface area contributed by atoms with Gasteiger partial charge in [-0.25, -0.2) is 0 Å². The number of ether oxygens (including phenoxy) is 1. The molecule has 7 heteroatoms. The predicted molar refractivity (Wildman–Crippen MR) is 99.6 cm³/mol. The second-order valence-electron chi connectivity index (χ2n) is 5.41. The Hall–Kier alpha value is -2.86. The molecule has 0 aliphatic heterocycles. The third-order valence-electron chi connectivity index (χ3n) is 3.65. The van der Waals surface area contributed by atoms with Gasteiger partial charge in [-0.15, -0.1) is 5.10 Å². The van der Waals surface area contributed by atoms with Gasteiger partial charge < -0.3 is 15.4 Å². The first-order valence-electron chi connectivity index (χ1n) is 7.74. The molecular weight excluding hydrogens is 338 g/mol. The minimum absolute atomic E-state index is 0.412. The zero-order valence-corrected chi connectivity index (χ0v) is 14.7. The van der Waals surface area contributed by atoms with Crippen LogP contribution in [0.2, 0.25) is 5.02 Å². The minimum Gasteiger partial charge on any atom is -0.496 e. The third kappa shape index (κ3) is 4.36. The molecule has 2 N–H and O–H groups in total. The van der Waals surface area contributed by atoms with Crippen LogP contribution in [0.15, 0.2) is 48.7 Å². The summed E-state index contributed by atoms with van der Waals surface area (Å²) in [7, 11) is 1.65. The lowest BCUT2D eigenvalue weighted by atomic mass is 10.2. The van der Waals surface area contributed by atoms with Gasteiger partial charge in [0.25, 0.3) is 0 Å². The van der Waals surface area contributed by atoms with Crippen molar-refractivity contribution in [3.05, 3.63) is 64.8 Å². The van der Waals surface area contributed by atoms with E-state index >= 15 is 0 Å². The van der Waals surface area contributed by atoms with Crippen molar-refractivity contribution in [1.29, 1.82) is 0 Å². The number of aromatic nitrogens is 3. The van der Waals surface area contributed by atoms with Gasteiger partial charge >= 0.3 is 0 Å². The van der Waals surface area contributed by atoms with Crippen molar-refractivity contribution in [3.63, 3.8) is 0 Å². The molecule has 2 aromatic carbocycles. The summed E-state index contributed by atoms with van der Waals surface area (Å²) >= 11 is 5.98. The molecule has 0 spiro atoms. The first kappa shape index (κ1) is 17.0. The molecule has 0 aliphatic rings. The zero-order chi connectivity index (χ0) is 17.6. The Morgan fingerprint density at radius 3 is 2.80 bits per heavy atom. The van der Waals surface area contributed by atoms with Crippen molar-refractivity contribution >= 4 is 29.1 Å².